The van der Waals surface area contributed by atoms with Crippen LogP contribution in [-0.2, 0) is 4.74 Å². The second-order valence-electron chi connectivity index (χ2n) is 3.59. The van der Waals surface area contributed by atoms with Crippen molar-refractivity contribution in [3.63, 3.8) is 0 Å². The van der Waals surface area contributed by atoms with Crippen LogP contribution in [0.5, 0.6) is 0 Å². The van der Waals surface area contributed by atoms with E-state index in [1.165, 1.54) is 12.4 Å². The van der Waals surface area contributed by atoms with Crippen LogP contribution in [0.2, 0.25) is 0 Å². The molecule has 0 saturated heterocycles. The van der Waals surface area contributed by atoms with Gasteiger partial charge in [0.05, 0.1) is 12.4 Å². The Morgan fingerprint density at radius 2 is 2.29 bits per heavy atom. The fraction of sp³-hybridized carbons (Fsp3) is 0.500. The topological polar surface area (TPSA) is 102 Å². The van der Waals surface area contributed by atoms with E-state index in [1.54, 1.807) is 7.11 Å². The van der Waals surface area contributed by atoms with E-state index in [0.29, 0.717) is 12.4 Å². The van der Waals surface area contributed by atoms with Gasteiger partial charge in [-0.1, -0.05) is 0 Å². The normalized spacial score (nSPS) is 11.9. The van der Waals surface area contributed by atoms with Crippen LogP contribution in [0.15, 0.2) is 12.4 Å². The zero-order chi connectivity index (χ0) is 12.7. The summed E-state index contributed by atoms with van der Waals surface area (Å²) in [6.45, 7) is 2.50. The fourth-order valence-corrected chi connectivity index (χ4v) is 1.18. The Morgan fingerprint density at radius 3 is 2.82 bits per heavy atom. The zero-order valence-electron chi connectivity index (χ0n) is 9.93. The van der Waals surface area contributed by atoms with E-state index in [9.17, 15) is 4.79 Å². The lowest BCUT2D eigenvalue weighted by atomic mass is 10.2. The summed E-state index contributed by atoms with van der Waals surface area (Å²) in [4.78, 5) is 19.5. The summed E-state index contributed by atoms with van der Waals surface area (Å²) in [5.74, 6) is 5.30. The van der Waals surface area contributed by atoms with Crippen molar-refractivity contribution >= 4 is 11.7 Å². The number of hydrazine groups is 1. The van der Waals surface area contributed by atoms with Crippen molar-refractivity contribution in [2.45, 2.75) is 19.4 Å². The van der Waals surface area contributed by atoms with Gasteiger partial charge in [-0.2, -0.15) is 0 Å². The van der Waals surface area contributed by atoms with Crippen LogP contribution in [0, 0.1) is 0 Å². The molecule has 0 aliphatic rings. The summed E-state index contributed by atoms with van der Waals surface area (Å²) in [6, 6.07) is 0.0246. The highest BCUT2D eigenvalue weighted by Gasteiger charge is 2.11. The number of carbonyl (C=O) groups is 1. The smallest absolute Gasteiger partial charge is 0.271 e. The van der Waals surface area contributed by atoms with Crippen molar-refractivity contribution in [2.24, 2.45) is 5.84 Å². The van der Waals surface area contributed by atoms with E-state index in [0.717, 1.165) is 6.42 Å². The summed E-state index contributed by atoms with van der Waals surface area (Å²) >= 11 is 0. The zero-order valence-corrected chi connectivity index (χ0v) is 9.93. The third kappa shape index (κ3) is 4.33. The Labute approximate surface area is 99.7 Å². The first kappa shape index (κ1) is 13.3. The minimum Gasteiger partial charge on any atom is -0.385 e. The molecule has 94 valence electrons. The van der Waals surface area contributed by atoms with Crippen molar-refractivity contribution in [2.75, 3.05) is 19.1 Å². The Balaban J connectivity index is 2.51. The summed E-state index contributed by atoms with van der Waals surface area (Å²) < 4.78 is 4.93. The molecule has 0 aliphatic carbocycles. The number of amides is 1. The second kappa shape index (κ2) is 6.77. The number of hydrogen-bond donors (Lipinski definition) is 3. The van der Waals surface area contributed by atoms with Gasteiger partial charge in [0.2, 0.25) is 0 Å². The number of aromatic nitrogens is 2. The van der Waals surface area contributed by atoms with Crippen molar-refractivity contribution in [3.05, 3.63) is 18.1 Å². The molecule has 0 spiro atoms. The van der Waals surface area contributed by atoms with E-state index in [2.05, 4.69) is 20.7 Å². The summed E-state index contributed by atoms with van der Waals surface area (Å²) in [6.07, 6.45) is 3.51. The van der Waals surface area contributed by atoms with Crippen molar-refractivity contribution in [1.82, 2.24) is 15.3 Å². The molecule has 0 aliphatic heterocycles. The summed E-state index contributed by atoms with van der Waals surface area (Å²) in [5, 5.41) is 2.80. The maximum atomic E-state index is 11.7. The monoisotopic (exact) mass is 239 g/mol. The molecule has 0 fully saturated rings. The molecular weight excluding hydrogens is 222 g/mol. The summed E-state index contributed by atoms with van der Waals surface area (Å²) in [7, 11) is 1.62. The van der Waals surface area contributed by atoms with Crippen LogP contribution in [0.4, 0.5) is 5.82 Å². The standard InChI is InChI=1S/C10H17N5O2/c1-7(3-4-17-2)14-10(16)8-5-13-9(15-11)6-12-8/h5-7H,3-4,11H2,1-2H3,(H,13,15)(H,14,16). The van der Waals surface area contributed by atoms with Gasteiger partial charge in [0, 0.05) is 19.8 Å². The van der Waals surface area contributed by atoms with Gasteiger partial charge in [0.25, 0.3) is 5.91 Å². The number of anilines is 1. The number of nitrogens with zero attached hydrogens (tertiary/aromatic N) is 2. The molecule has 1 heterocycles. The summed E-state index contributed by atoms with van der Waals surface area (Å²) in [5.41, 5.74) is 2.60. The first-order valence-corrected chi connectivity index (χ1v) is 5.25. The molecule has 7 heteroatoms. The number of hydrogen-bond acceptors (Lipinski definition) is 6. The maximum absolute atomic E-state index is 11.7. The third-order valence-electron chi connectivity index (χ3n) is 2.16. The molecule has 1 amide bonds. The van der Waals surface area contributed by atoms with Gasteiger partial charge >= 0.3 is 0 Å². The average Bonchev–Trinajstić information content (AvgIpc) is 2.36. The fourth-order valence-electron chi connectivity index (χ4n) is 1.18. The van der Waals surface area contributed by atoms with E-state index < -0.39 is 0 Å². The van der Waals surface area contributed by atoms with Crippen molar-refractivity contribution in [3.8, 4) is 0 Å². The van der Waals surface area contributed by atoms with Crippen LogP contribution in [0.3, 0.4) is 0 Å². The van der Waals surface area contributed by atoms with Crippen LogP contribution >= 0.6 is 0 Å². The van der Waals surface area contributed by atoms with E-state index in [4.69, 9.17) is 10.6 Å². The number of nitrogen functional groups attached to an aromatic ring is 1. The molecule has 0 bridgehead atoms. The highest BCUT2D eigenvalue weighted by atomic mass is 16.5. The molecule has 0 radical (unpaired) electrons. The van der Waals surface area contributed by atoms with Crippen LogP contribution < -0.4 is 16.6 Å². The number of carbonyl (C=O) groups excluding carboxylic acids is 1. The van der Waals surface area contributed by atoms with Gasteiger partial charge in [-0.3, -0.25) is 4.79 Å². The Kier molecular flexibility index (Phi) is 5.31. The van der Waals surface area contributed by atoms with Crippen molar-refractivity contribution in [1.29, 1.82) is 0 Å². The van der Waals surface area contributed by atoms with Gasteiger partial charge in [-0.25, -0.2) is 15.8 Å². The molecule has 0 aromatic carbocycles. The Bertz CT molecular complexity index is 354. The minimum absolute atomic E-state index is 0.0246. The lowest BCUT2D eigenvalue weighted by Crippen LogP contribution is -2.34. The van der Waals surface area contributed by atoms with Gasteiger partial charge in [-0.05, 0) is 13.3 Å². The molecule has 1 rings (SSSR count). The van der Waals surface area contributed by atoms with Crippen LogP contribution in [0.1, 0.15) is 23.8 Å². The lowest BCUT2D eigenvalue weighted by molar-refractivity contribution is 0.0924. The molecule has 0 saturated carbocycles. The molecule has 17 heavy (non-hydrogen) atoms. The van der Waals surface area contributed by atoms with Crippen molar-refractivity contribution < 1.29 is 9.53 Å². The molecule has 1 aromatic rings. The quantitative estimate of drug-likeness (QED) is 0.474. The van der Waals surface area contributed by atoms with E-state index >= 15 is 0 Å². The molecule has 1 aromatic heterocycles. The number of nitrogens with two attached hydrogens (primary N) is 1. The largest absolute Gasteiger partial charge is 0.385 e. The molecular formula is C10H17N5O2. The SMILES string of the molecule is COCCC(C)NC(=O)c1cnc(NN)cn1. The van der Waals surface area contributed by atoms with E-state index in [-0.39, 0.29) is 17.6 Å². The Morgan fingerprint density at radius 1 is 1.53 bits per heavy atom. The first-order chi connectivity index (χ1) is 8.17. The average molecular weight is 239 g/mol. The number of methoxy groups -OCH3 is 1. The number of ether oxygens (including phenoxy) is 1. The molecule has 7 nitrogen and oxygen atoms in total. The predicted molar refractivity (Wildman–Crippen MR) is 63.3 cm³/mol. The molecule has 1 atom stereocenters. The molecule has 1 unspecified atom stereocenters. The lowest BCUT2D eigenvalue weighted by Gasteiger charge is -2.12. The number of rotatable bonds is 6. The van der Waals surface area contributed by atoms with Gasteiger partial charge in [0.1, 0.15) is 5.69 Å². The van der Waals surface area contributed by atoms with E-state index in [1.807, 2.05) is 6.92 Å². The van der Waals surface area contributed by atoms with Gasteiger partial charge < -0.3 is 15.5 Å². The van der Waals surface area contributed by atoms with Crippen LogP contribution in [-0.4, -0.2) is 35.6 Å². The highest BCUT2D eigenvalue weighted by Crippen LogP contribution is 2.00. The first-order valence-electron chi connectivity index (χ1n) is 5.25. The Hall–Kier alpha value is -1.73. The maximum Gasteiger partial charge on any atom is 0.271 e. The predicted octanol–water partition coefficient (Wildman–Crippen LogP) is -0.0830. The van der Waals surface area contributed by atoms with Gasteiger partial charge in [0.15, 0.2) is 5.82 Å². The number of nitrogens with one attached hydrogen (secondary N) is 2. The van der Waals surface area contributed by atoms with Crippen LogP contribution in [0.25, 0.3) is 0 Å². The minimum atomic E-state index is -0.260. The highest BCUT2D eigenvalue weighted by molar-refractivity contribution is 5.92. The van der Waals surface area contributed by atoms with Gasteiger partial charge in [-0.15, -0.1) is 0 Å². The third-order valence-corrected chi connectivity index (χ3v) is 2.16. The second-order valence-corrected chi connectivity index (χ2v) is 3.59. The molecule has 4 N–H and O–H groups in total.